The van der Waals surface area contributed by atoms with Crippen molar-refractivity contribution in [1.82, 2.24) is 4.98 Å². The van der Waals surface area contributed by atoms with E-state index in [2.05, 4.69) is 17.3 Å². The highest BCUT2D eigenvalue weighted by Gasteiger charge is 2.04. The third-order valence-corrected chi connectivity index (χ3v) is 2.01. The number of nitrogens with zero attached hydrogens (tertiary/aromatic N) is 1. The Morgan fingerprint density at radius 2 is 2.21 bits per heavy atom. The van der Waals surface area contributed by atoms with Crippen molar-refractivity contribution >= 4 is 17.0 Å². The fraction of sp³-hybridized carbons (Fsp3) is 0. The van der Waals surface area contributed by atoms with Gasteiger partial charge >= 0.3 is 0 Å². The van der Waals surface area contributed by atoms with E-state index in [-0.39, 0.29) is 5.82 Å². The zero-order valence-electron chi connectivity index (χ0n) is 7.50. The Morgan fingerprint density at radius 1 is 1.36 bits per heavy atom. The molecule has 1 aromatic heterocycles. The van der Waals surface area contributed by atoms with Gasteiger partial charge in [-0.05, 0) is 30.3 Å². The maximum Gasteiger partial charge on any atom is 0.140 e. The molecule has 0 fully saturated rings. The molecule has 2 aromatic rings. The first-order chi connectivity index (χ1) is 6.83. The van der Waals surface area contributed by atoms with Crippen molar-refractivity contribution in [2.75, 3.05) is 0 Å². The summed E-state index contributed by atoms with van der Waals surface area (Å²) in [6, 6.07) is 6.87. The number of halogens is 1. The number of benzene rings is 1. The third-order valence-electron chi connectivity index (χ3n) is 2.01. The van der Waals surface area contributed by atoms with Crippen LogP contribution < -0.4 is 0 Å². The van der Waals surface area contributed by atoms with Crippen LogP contribution in [0.15, 0.2) is 42.8 Å². The first-order valence-electron chi connectivity index (χ1n) is 4.22. The SMILES string of the molecule is C=C=Cc1ccc2ncccc2c1F. The van der Waals surface area contributed by atoms with Gasteiger partial charge in [0.2, 0.25) is 0 Å². The molecule has 14 heavy (non-hydrogen) atoms. The van der Waals surface area contributed by atoms with Crippen LogP contribution in [-0.2, 0) is 0 Å². The summed E-state index contributed by atoms with van der Waals surface area (Å²) in [6.07, 6.45) is 3.16. The molecule has 2 heteroatoms. The molecule has 0 saturated carbocycles. The van der Waals surface area contributed by atoms with Gasteiger partial charge in [-0.15, -0.1) is 5.73 Å². The molecule has 0 radical (unpaired) electrons. The molecule has 0 atom stereocenters. The molecular formula is C12H8FN. The summed E-state index contributed by atoms with van der Waals surface area (Å²) in [4.78, 5) is 4.05. The molecule has 0 aliphatic heterocycles. The van der Waals surface area contributed by atoms with Gasteiger partial charge in [-0.1, -0.05) is 6.58 Å². The van der Waals surface area contributed by atoms with Gasteiger partial charge in [0.05, 0.1) is 5.52 Å². The average molecular weight is 185 g/mol. The first-order valence-corrected chi connectivity index (χ1v) is 4.22. The third kappa shape index (κ3) is 1.32. The van der Waals surface area contributed by atoms with Crippen molar-refractivity contribution in [1.29, 1.82) is 0 Å². The lowest BCUT2D eigenvalue weighted by Crippen LogP contribution is -1.86. The van der Waals surface area contributed by atoms with Crippen LogP contribution in [0.4, 0.5) is 4.39 Å². The van der Waals surface area contributed by atoms with E-state index >= 15 is 0 Å². The monoisotopic (exact) mass is 185 g/mol. The number of rotatable bonds is 1. The van der Waals surface area contributed by atoms with E-state index < -0.39 is 0 Å². The average Bonchev–Trinajstić information content (AvgIpc) is 2.23. The smallest absolute Gasteiger partial charge is 0.140 e. The minimum Gasteiger partial charge on any atom is -0.256 e. The summed E-state index contributed by atoms with van der Waals surface area (Å²) < 4.78 is 13.7. The Bertz CT molecular complexity index is 525. The van der Waals surface area contributed by atoms with Crippen LogP contribution in [0.3, 0.4) is 0 Å². The van der Waals surface area contributed by atoms with Crippen molar-refractivity contribution < 1.29 is 4.39 Å². The Labute approximate surface area is 81.2 Å². The standard InChI is InChI=1S/C12H8FN/c1-2-4-9-6-7-11-10(12(9)13)5-3-8-14-11/h3-8H,1H2. The van der Waals surface area contributed by atoms with E-state index in [4.69, 9.17) is 0 Å². The highest BCUT2D eigenvalue weighted by Crippen LogP contribution is 2.19. The fourth-order valence-electron chi connectivity index (χ4n) is 1.35. The molecule has 0 aliphatic carbocycles. The highest BCUT2D eigenvalue weighted by molar-refractivity contribution is 5.81. The molecule has 0 N–H and O–H groups in total. The van der Waals surface area contributed by atoms with Crippen molar-refractivity contribution in [3.8, 4) is 0 Å². The first kappa shape index (κ1) is 8.67. The quantitative estimate of drug-likeness (QED) is 0.622. The van der Waals surface area contributed by atoms with Crippen LogP contribution in [0.25, 0.3) is 17.0 Å². The molecule has 0 bridgehead atoms. The highest BCUT2D eigenvalue weighted by atomic mass is 19.1. The van der Waals surface area contributed by atoms with E-state index in [1.807, 2.05) is 0 Å². The van der Waals surface area contributed by atoms with E-state index in [0.717, 1.165) is 0 Å². The molecule has 2 rings (SSSR count). The van der Waals surface area contributed by atoms with E-state index in [1.54, 1.807) is 30.5 Å². The minimum atomic E-state index is -0.272. The molecule has 0 spiro atoms. The van der Waals surface area contributed by atoms with E-state index in [9.17, 15) is 4.39 Å². The largest absolute Gasteiger partial charge is 0.256 e. The molecule has 0 amide bonds. The summed E-state index contributed by atoms with van der Waals surface area (Å²) in [7, 11) is 0. The molecule has 0 unspecified atom stereocenters. The van der Waals surface area contributed by atoms with E-state index in [1.165, 1.54) is 6.08 Å². The number of hydrogen-bond donors (Lipinski definition) is 0. The molecule has 1 nitrogen and oxygen atoms in total. The lowest BCUT2D eigenvalue weighted by molar-refractivity contribution is 0.637. The second-order valence-corrected chi connectivity index (χ2v) is 2.89. The predicted molar refractivity (Wildman–Crippen MR) is 55.3 cm³/mol. The molecule has 0 saturated heterocycles. The number of pyridine rings is 1. The number of aromatic nitrogens is 1. The fourth-order valence-corrected chi connectivity index (χ4v) is 1.35. The molecule has 1 aromatic carbocycles. The lowest BCUT2D eigenvalue weighted by atomic mass is 10.1. The van der Waals surface area contributed by atoms with Gasteiger partial charge in [-0.25, -0.2) is 4.39 Å². The van der Waals surface area contributed by atoms with Crippen molar-refractivity contribution in [3.05, 3.63) is 54.2 Å². The Hall–Kier alpha value is -1.92. The van der Waals surface area contributed by atoms with Crippen LogP contribution in [0.2, 0.25) is 0 Å². The second-order valence-electron chi connectivity index (χ2n) is 2.89. The Kier molecular flexibility index (Phi) is 2.13. The molecule has 1 heterocycles. The zero-order valence-corrected chi connectivity index (χ0v) is 7.50. The molecule has 68 valence electrons. The van der Waals surface area contributed by atoms with E-state index in [0.29, 0.717) is 16.5 Å². The van der Waals surface area contributed by atoms with Gasteiger partial charge < -0.3 is 0 Å². The Morgan fingerprint density at radius 3 is 3.00 bits per heavy atom. The van der Waals surface area contributed by atoms with Gasteiger partial charge in [0.1, 0.15) is 5.82 Å². The summed E-state index contributed by atoms with van der Waals surface area (Å²) in [5.41, 5.74) is 3.70. The zero-order chi connectivity index (χ0) is 9.97. The van der Waals surface area contributed by atoms with Gasteiger partial charge in [0, 0.05) is 17.1 Å². The summed E-state index contributed by atoms with van der Waals surface area (Å²) in [5.74, 6) is -0.272. The minimum absolute atomic E-state index is 0.272. The van der Waals surface area contributed by atoms with Gasteiger partial charge in [-0.3, -0.25) is 4.98 Å². The topological polar surface area (TPSA) is 12.9 Å². The number of fused-ring (bicyclic) bond motifs is 1. The van der Waals surface area contributed by atoms with Crippen LogP contribution >= 0.6 is 0 Å². The predicted octanol–water partition coefficient (Wildman–Crippen LogP) is 3.17. The van der Waals surface area contributed by atoms with Crippen molar-refractivity contribution in [2.24, 2.45) is 0 Å². The van der Waals surface area contributed by atoms with Crippen molar-refractivity contribution in [2.45, 2.75) is 0 Å². The summed E-state index contributed by atoms with van der Waals surface area (Å²) >= 11 is 0. The maximum atomic E-state index is 13.7. The number of hydrogen-bond acceptors (Lipinski definition) is 1. The van der Waals surface area contributed by atoms with Crippen molar-refractivity contribution in [3.63, 3.8) is 0 Å². The van der Waals surface area contributed by atoms with Gasteiger partial charge in [0.25, 0.3) is 0 Å². The maximum absolute atomic E-state index is 13.7. The Balaban J connectivity index is 2.81. The van der Waals surface area contributed by atoms with Crippen LogP contribution in [0.1, 0.15) is 5.56 Å². The molecule has 0 aliphatic rings. The van der Waals surface area contributed by atoms with Crippen LogP contribution in [0.5, 0.6) is 0 Å². The summed E-state index contributed by atoms with van der Waals surface area (Å²) in [5, 5.41) is 0.525. The second kappa shape index (κ2) is 3.44. The normalized spacial score (nSPS) is 9.79. The molecular weight excluding hydrogens is 177 g/mol. The van der Waals surface area contributed by atoms with Crippen LogP contribution in [-0.4, -0.2) is 4.98 Å². The van der Waals surface area contributed by atoms with Gasteiger partial charge in [-0.2, -0.15) is 0 Å². The summed E-state index contributed by atoms with van der Waals surface area (Å²) in [6.45, 7) is 3.41. The van der Waals surface area contributed by atoms with Gasteiger partial charge in [0.15, 0.2) is 0 Å². The van der Waals surface area contributed by atoms with Crippen LogP contribution in [0, 0.1) is 5.82 Å². The lowest BCUT2D eigenvalue weighted by Gasteiger charge is -2.00.